The van der Waals surface area contributed by atoms with E-state index in [1.54, 1.807) is 4.90 Å². The van der Waals surface area contributed by atoms with Gasteiger partial charge in [-0.3, -0.25) is 4.79 Å². The first kappa shape index (κ1) is 9.85. The van der Waals surface area contributed by atoms with E-state index >= 15 is 0 Å². The maximum Gasteiger partial charge on any atom is 0.231 e. The Hall–Kier alpha value is -1.35. The summed E-state index contributed by atoms with van der Waals surface area (Å²) in [7, 11) is 1.85. The number of hydrogen-bond donors (Lipinski definition) is 1. The zero-order chi connectivity index (χ0) is 11.3. The zero-order valence-electron chi connectivity index (χ0n) is 9.49. The number of nitrogens with zero attached hydrogens (tertiary/aromatic N) is 1. The van der Waals surface area contributed by atoms with Crippen LogP contribution in [-0.2, 0) is 17.6 Å². The van der Waals surface area contributed by atoms with Gasteiger partial charge in [0.2, 0.25) is 5.91 Å². The largest absolute Gasteiger partial charge is 0.325 e. The summed E-state index contributed by atoms with van der Waals surface area (Å²) in [6.07, 6.45) is 3.65. The molecule has 2 N–H and O–H groups in total. The number of likely N-dealkylation sites (N-methyl/N-ethyl adjacent to an activating group) is 1. The van der Waals surface area contributed by atoms with Crippen molar-refractivity contribution in [2.45, 2.75) is 31.2 Å². The molecule has 1 aromatic rings. The van der Waals surface area contributed by atoms with Crippen LogP contribution in [0.15, 0.2) is 18.2 Å². The van der Waals surface area contributed by atoms with E-state index in [2.05, 4.69) is 6.07 Å². The van der Waals surface area contributed by atoms with Gasteiger partial charge in [0.25, 0.3) is 0 Å². The van der Waals surface area contributed by atoms with Crippen LogP contribution in [0.1, 0.15) is 24.0 Å². The number of hydrogen-bond acceptors (Lipinski definition) is 2. The van der Waals surface area contributed by atoms with Gasteiger partial charge in [-0.05, 0) is 30.4 Å². The van der Waals surface area contributed by atoms with Gasteiger partial charge < -0.3 is 10.6 Å². The molecule has 3 heteroatoms. The standard InChI is InChI=1S/C13H16N2O/c1-15-11(16)7-9-3-2-4-10(12(9)15)8-13(14)5-6-13/h2-4H,5-8,14H2,1H3. The predicted octanol–water partition coefficient (Wildman–Crippen LogP) is 1.24. The zero-order valence-corrected chi connectivity index (χ0v) is 9.49. The number of rotatable bonds is 2. The highest BCUT2D eigenvalue weighted by molar-refractivity contribution is 6.01. The number of carbonyl (C=O) groups is 1. The lowest BCUT2D eigenvalue weighted by Gasteiger charge is -2.17. The summed E-state index contributed by atoms with van der Waals surface area (Å²) in [6, 6.07) is 6.17. The van der Waals surface area contributed by atoms with Gasteiger partial charge in [0, 0.05) is 12.6 Å². The third-order valence-electron chi connectivity index (χ3n) is 3.69. The van der Waals surface area contributed by atoms with E-state index in [9.17, 15) is 4.79 Å². The van der Waals surface area contributed by atoms with Crippen LogP contribution in [0.25, 0.3) is 0 Å². The predicted molar refractivity (Wildman–Crippen MR) is 63.4 cm³/mol. The third kappa shape index (κ3) is 1.43. The summed E-state index contributed by atoms with van der Waals surface area (Å²) in [5.74, 6) is 0.185. The number of nitrogens with two attached hydrogens (primary N) is 1. The highest BCUT2D eigenvalue weighted by Gasteiger charge is 2.39. The average molecular weight is 216 g/mol. The van der Waals surface area contributed by atoms with Crippen LogP contribution in [0.3, 0.4) is 0 Å². The van der Waals surface area contributed by atoms with Crippen molar-refractivity contribution in [2.75, 3.05) is 11.9 Å². The Morgan fingerprint density at radius 1 is 1.44 bits per heavy atom. The molecule has 1 aromatic carbocycles. The van der Waals surface area contributed by atoms with E-state index in [0.29, 0.717) is 6.42 Å². The highest BCUT2D eigenvalue weighted by atomic mass is 16.2. The average Bonchev–Trinajstić information content (AvgIpc) is 2.87. The van der Waals surface area contributed by atoms with Crippen molar-refractivity contribution in [3.05, 3.63) is 29.3 Å². The minimum Gasteiger partial charge on any atom is -0.325 e. The first-order valence-corrected chi connectivity index (χ1v) is 5.75. The molecule has 1 fully saturated rings. The maximum atomic E-state index is 11.7. The quantitative estimate of drug-likeness (QED) is 0.808. The second-order valence-corrected chi connectivity index (χ2v) is 5.09. The summed E-state index contributed by atoms with van der Waals surface area (Å²) >= 11 is 0. The van der Waals surface area contributed by atoms with Gasteiger partial charge in [0.1, 0.15) is 0 Å². The Morgan fingerprint density at radius 2 is 2.19 bits per heavy atom. The molecule has 0 aromatic heterocycles. The molecule has 0 unspecified atom stereocenters. The molecule has 1 amide bonds. The summed E-state index contributed by atoms with van der Waals surface area (Å²) in [4.78, 5) is 13.4. The molecule has 1 heterocycles. The minimum atomic E-state index is 0.00159. The smallest absolute Gasteiger partial charge is 0.231 e. The van der Waals surface area contributed by atoms with E-state index in [0.717, 1.165) is 30.5 Å². The fraction of sp³-hybridized carbons (Fsp3) is 0.462. The van der Waals surface area contributed by atoms with Crippen LogP contribution in [0.2, 0.25) is 0 Å². The molecule has 0 saturated heterocycles. The SMILES string of the molecule is CN1C(=O)Cc2cccc(CC3(N)CC3)c21. The first-order valence-electron chi connectivity index (χ1n) is 5.75. The van der Waals surface area contributed by atoms with Crippen molar-refractivity contribution in [3.8, 4) is 0 Å². The molecule has 3 nitrogen and oxygen atoms in total. The fourth-order valence-electron chi connectivity index (χ4n) is 2.48. The molecule has 3 rings (SSSR count). The Labute approximate surface area is 95.2 Å². The monoisotopic (exact) mass is 216 g/mol. The molecule has 2 aliphatic rings. The van der Waals surface area contributed by atoms with Crippen LogP contribution in [0, 0.1) is 0 Å². The van der Waals surface area contributed by atoms with Gasteiger partial charge in [-0.15, -0.1) is 0 Å². The molecular weight excluding hydrogens is 200 g/mol. The number of fused-ring (bicyclic) bond motifs is 1. The number of para-hydroxylation sites is 1. The van der Waals surface area contributed by atoms with Crippen LogP contribution < -0.4 is 10.6 Å². The topological polar surface area (TPSA) is 46.3 Å². The third-order valence-corrected chi connectivity index (χ3v) is 3.69. The van der Waals surface area contributed by atoms with E-state index < -0.39 is 0 Å². The summed E-state index contributed by atoms with van der Waals surface area (Å²) in [5.41, 5.74) is 9.63. The van der Waals surface area contributed by atoms with Crippen molar-refractivity contribution in [1.82, 2.24) is 0 Å². The lowest BCUT2D eigenvalue weighted by molar-refractivity contribution is -0.117. The Bertz CT molecular complexity index is 463. The second-order valence-electron chi connectivity index (χ2n) is 5.09. The van der Waals surface area contributed by atoms with Crippen molar-refractivity contribution in [3.63, 3.8) is 0 Å². The number of amides is 1. The maximum absolute atomic E-state index is 11.7. The van der Waals surface area contributed by atoms with Gasteiger partial charge in [0.05, 0.1) is 12.1 Å². The van der Waals surface area contributed by atoms with E-state index in [-0.39, 0.29) is 11.4 Å². The first-order chi connectivity index (χ1) is 7.59. The van der Waals surface area contributed by atoms with Crippen LogP contribution >= 0.6 is 0 Å². The molecule has 1 saturated carbocycles. The molecule has 1 aliphatic carbocycles. The number of carbonyl (C=O) groups excluding carboxylic acids is 1. The van der Waals surface area contributed by atoms with Crippen LogP contribution in [0.4, 0.5) is 5.69 Å². The van der Waals surface area contributed by atoms with Crippen molar-refractivity contribution in [2.24, 2.45) is 5.73 Å². The van der Waals surface area contributed by atoms with E-state index in [1.165, 1.54) is 5.56 Å². The molecule has 0 bridgehead atoms. The van der Waals surface area contributed by atoms with Gasteiger partial charge >= 0.3 is 0 Å². The van der Waals surface area contributed by atoms with E-state index in [4.69, 9.17) is 5.73 Å². The van der Waals surface area contributed by atoms with Crippen molar-refractivity contribution in [1.29, 1.82) is 0 Å². The minimum absolute atomic E-state index is 0.00159. The normalized spacial score (nSPS) is 21.1. The number of benzene rings is 1. The molecule has 84 valence electrons. The second kappa shape index (κ2) is 3.08. The van der Waals surface area contributed by atoms with Gasteiger partial charge in [0.15, 0.2) is 0 Å². The lowest BCUT2D eigenvalue weighted by atomic mass is 10.00. The Kier molecular flexibility index (Phi) is 1.89. The van der Waals surface area contributed by atoms with Crippen molar-refractivity contribution >= 4 is 11.6 Å². The Morgan fingerprint density at radius 3 is 2.88 bits per heavy atom. The molecule has 0 radical (unpaired) electrons. The summed E-state index contributed by atoms with van der Waals surface area (Å²) in [6.45, 7) is 0. The van der Waals surface area contributed by atoms with Crippen LogP contribution in [0.5, 0.6) is 0 Å². The Balaban J connectivity index is 2.01. The highest BCUT2D eigenvalue weighted by Crippen LogP contribution is 2.40. The summed E-state index contributed by atoms with van der Waals surface area (Å²) in [5, 5.41) is 0. The fourth-order valence-corrected chi connectivity index (χ4v) is 2.48. The lowest BCUT2D eigenvalue weighted by Crippen LogP contribution is -2.27. The summed E-state index contributed by atoms with van der Waals surface area (Å²) < 4.78 is 0. The molecule has 1 aliphatic heterocycles. The van der Waals surface area contributed by atoms with Crippen molar-refractivity contribution < 1.29 is 4.79 Å². The number of anilines is 1. The van der Waals surface area contributed by atoms with Gasteiger partial charge in [-0.25, -0.2) is 0 Å². The van der Waals surface area contributed by atoms with E-state index in [1.807, 2.05) is 19.2 Å². The van der Waals surface area contributed by atoms with Gasteiger partial charge in [-0.1, -0.05) is 18.2 Å². The molecule has 0 spiro atoms. The molecule has 16 heavy (non-hydrogen) atoms. The van der Waals surface area contributed by atoms with Gasteiger partial charge in [-0.2, -0.15) is 0 Å². The van der Waals surface area contributed by atoms with Crippen LogP contribution in [-0.4, -0.2) is 18.5 Å². The molecular formula is C13H16N2O. The molecule has 0 atom stereocenters.